The number of alkyl halides is 3. The summed E-state index contributed by atoms with van der Waals surface area (Å²) in [5.74, 6) is -1.50. The number of morpholine rings is 1. The van der Waals surface area contributed by atoms with Gasteiger partial charge in [0, 0.05) is 18.7 Å². The lowest BCUT2D eigenvalue weighted by molar-refractivity contribution is -0.137. The molecule has 0 spiro atoms. The molecule has 0 unspecified atom stereocenters. The molecule has 0 saturated carbocycles. The molecule has 0 amide bonds. The summed E-state index contributed by atoms with van der Waals surface area (Å²) in [6, 6.07) is 5.50. The molecular weight excluding hydrogens is 484 g/mol. The summed E-state index contributed by atoms with van der Waals surface area (Å²) < 4.78 is 63.9. The van der Waals surface area contributed by atoms with E-state index in [4.69, 9.17) is 9.47 Å². The van der Waals surface area contributed by atoms with Crippen LogP contribution in [0.5, 0.6) is 0 Å². The second-order valence-electron chi connectivity index (χ2n) is 8.21. The zero-order valence-corrected chi connectivity index (χ0v) is 19.5. The van der Waals surface area contributed by atoms with Crippen LogP contribution in [0.3, 0.4) is 0 Å². The molecular formula is C23H22F4N6O3. The van der Waals surface area contributed by atoms with E-state index < -0.39 is 23.5 Å². The van der Waals surface area contributed by atoms with E-state index in [9.17, 15) is 22.4 Å². The van der Waals surface area contributed by atoms with Gasteiger partial charge in [-0.25, -0.2) is 14.2 Å². The second-order valence-corrected chi connectivity index (χ2v) is 8.21. The number of rotatable bonds is 5. The first-order valence-electron chi connectivity index (χ1n) is 10.9. The van der Waals surface area contributed by atoms with E-state index in [-0.39, 0.29) is 46.6 Å². The van der Waals surface area contributed by atoms with Crippen molar-refractivity contribution >= 4 is 23.6 Å². The number of halogens is 4. The van der Waals surface area contributed by atoms with Crippen molar-refractivity contribution in [2.24, 2.45) is 0 Å². The predicted octanol–water partition coefficient (Wildman–Crippen LogP) is 4.24. The SMILES string of the molecule is COC(=O)c1nnc(Nc2nc(N3C[C@@H](C)O[C@@H](C)C3)ncc2F)cc1-c1ccc(C(F)(F)F)cc1. The minimum Gasteiger partial charge on any atom is -0.464 e. The zero-order valence-electron chi connectivity index (χ0n) is 19.5. The minimum absolute atomic E-state index is 0.00446. The molecule has 2 atom stereocenters. The first-order chi connectivity index (χ1) is 17.0. The second kappa shape index (κ2) is 10.0. The number of benzene rings is 1. The van der Waals surface area contributed by atoms with Crippen molar-refractivity contribution in [2.45, 2.75) is 32.2 Å². The van der Waals surface area contributed by atoms with Crippen LogP contribution in [0.2, 0.25) is 0 Å². The number of carbonyl (C=O) groups is 1. The number of esters is 1. The van der Waals surface area contributed by atoms with Gasteiger partial charge in [-0.3, -0.25) is 0 Å². The fourth-order valence-electron chi connectivity index (χ4n) is 3.82. The summed E-state index contributed by atoms with van der Waals surface area (Å²) in [6.07, 6.45) is -3.64. The summed E-state index contributed by atoms with van der Waals surface area (Å²) in [6.45, 7) is 4.85. The Hall–Kier alpha value is -3.87. The Morgan fingerprint density at radius 1 is 1.14 bits per heavy atom. The molecule has 4 rings (SSSR count). The van der Waals surface area contributed by atoms with E-state index in [2.05, 4.69) is 25.5 Å². The fraction of sp³-hybridized carbons (Fsp3) is 0.348. The largest absolute Gasteiger partial charge is 0.464 e. The van der Waals surface area contributed by atoms with E-state index in [0.29, 0.717) is 13.1 Å². The number of ether oxygens (including phenoxy) is 2. The van der Waals surface area contributed by atoms with Crippen molar-refractivity contribution in [3.05, 3.63) is 53.6 Å². The number of nitrogens with zero attached hydrogens (tertiary/aromatic N) is 5. The molecule has 9 nitrogen and oxygen atoms in total. The molecule has 0 radical (unpaired) electrons. The lowest BCUT2D eigenvalue weighted by Gasteiger charge is -2.35. The van der Waals surface area contributed by atoms with Gasteiger partial charge in [-0.1, -0.05) is 12.1 Å². The average Bonchev–Trinajstić information content (AvgIpc) is 2.84. The Labute approximate surface area is 203 Å². The predicted molar refractivity (Wildman–Crippen MR) is 121 cm³/mol. The Morgan fingerprint density at radius 2 is 1.81 bits per heavy atom. The third kappa shape index (κ3) is 5.51. The van der Waals surface area contributed by atoms with Crippen LogP contribution in [-0.4, -0.2) is 58.5 Å². The molecule has 1 aliphatic heterocycles. The highest BCUT2D eigenvalue weighted by Crippen LogP contribution is 2.32. The first-order valence-corrected chi connectivity index (χ1v) is 10.9. The highest BCUT2D eigenvalue weighted by atomic mass is 19.4. The third-order valence-corrected chi connectivity index (χ3v) is 5.38. The van der Waals surface area contributed by atoms with Crippen LogP contribution in [0.1, 0.15) is 29.9 Å². The van der Waals surface area contributed by atoms with E-state index in [1.54, 1.807) is 0 Å². The van der Waals surface area contributed by atoms with Gasteiger partial charge in [-0.15, -0.1) is 10.2 Å². The fourth-order valence-corrected chi connectivity index (χ4v) is 3.82. The van der Waals surface area contributed by atoms with Crippen molar-refractivity contribution in [1.29, 1.82) is 0 Å². The van der Waals surface area contributed by atoms with Gasteiger partial charge in [0.25, 0.3) is 0 Å². The minimum atomic E-state index is -4.52. The Balaban J connectivity index is 1.67. The number of anilines is 3. The van der Waals surface area contributed by atoms with Crippen molar-refractivity contribution < 1.29 is 31.8 Å². The molecule has 3 heterocycles. The van der Waals surface area contributed by atoms with Crippen molar-refractivity contribution in [1.82, 2.24) is 20.2 Å². The van der Waals surface area contributed by atoms with E-state index in [0.717, 1.165) is 25.4 Å². The molecule has 1 saturated heterocycles. The first kappa shape index (κ1) is 25.2. The molecule has 2 aromatic heterocycles. The molecule has 1 N–H and O–H groups in total. The topological polar surface area (TPSA) is 102 Å². The van der Waals surface area contributed by atoms with Crippen LogP contribution in [0.15, 0.2) is 36.5 Å². The van der Waals surface area contributed by atoms with E-state index >= 15 is 0 Å². The van der Waals surface area contributed by atoms with Crippen LogP contribution in [-0.2, 0) is 15.7 Å². The van der Waals surface area contributed by atoms with Crippen LogP contribution in [0, 0.1) is 5.82 Å². The van der Waals surface area contributed by atoms with Gasteiger partial charge in [-0.05, 0) is 37.6 Å². The lowest BCUT2D eigenvalue weighted by atomic mass is 10.0. The molecule has 1 aliphatic rings. The van der Waals surface area contributed by atoms with Crippen LogP contribution >= 0.6 is 0 Å². The van der Waals surface area contributed by atoms with Crippen LogP contribution in [0.4, 0.5) is 35.1 Å². The molecule has 13 heteroatoms. The standard InChI is InChI=1S/C23H22F4N6O3/c1-12-10-33(11-13(2)36-12)22-28-9-17(24)20(30-22)29-18-8-16(19(32-31-18)21(34)35-3)14-4-6-15(7-5-14)23(25,26)27/h4-9,12-13H,10-11H2,1-3H3,(H,28,29,30,31)/t12-,13+. The summed E-state index contributed by atoms with van der Waals surface area (Å²) in [7, 11) is 1.14. The van der Waals surface area contributed by atoms with E-state index in [1.807, 2.05) is 18.7 Å². The van der Waals surface area contributed by atoms with Crippen LogP contribution < -0.4 is 10.2 Å². The maximum atomic E-state index is 14.6. The number of carbonyl (C=O) groups excluding carboxylic acids is 1. The lowest BCUT2D eigenvalue weighted by Crippen LogP contribution is -2.46. The van der Waals surface area contributed by atoms with Crippen molar-refractivity contribution in [3.8, 4) is 11.1 Å². The van der Waals surface area contributed by atoms with Gasteiger partial charge >= 0.3 is 12.1 Å². The highest BCUT2D eigenvalue weighted by Gasteiger charge is 2.30. The summed E-state index contributed by atoms with van der Waals surface area (Å²) in [5, 5.41) is 10.5. The van der Waals surface area contributed by atoms with Gasteiger partial charge in [0.1, 0.15) is 0 Å². The van der Waals surface area contributed by atoms with Gasteiger partial charge in [-0.2, -0.15) is 18.2 Å². The summed E-state index contributed by atoms with van der Waals surface area (Å²) in [4.78, 5) is 22.4. The molecule has 0 bridgehead atoms. The molecule has 36 heavy (non-hydrogen) atoms. The van der Waals surface area contributed by atoms with Crippen molar-refractivity contribution in [2.75, 3.05) is 30.4 Å². The third-order valence-electron chi connectivity index (χ3n) is 5.38. The zero-order chi connectivity index (χ0) is 26.0. The average molecular weight is 506 g/mol. The number of hydrogen-bond acceptors (Lipinski definition) is 9. The van der Waals surface area contributed by atoms with Gasteiger partial charge < -0.3 is 19.7 Å². The number of nitrogens with one attached hydrogen (secondary N) is 1. The summed E-state index contributed by atoms with van der Waals surface area (Å²) >= 11 is 0. The molecule has 190 valence electrons. The molecule has 1 aromatic carbocycles. The maximum Gasteiger partial charge on any atom is 0.416 e. The summed E-state index contributed by atoms with van der Waals surface area (Å²) in [5.41, 5.74) is -0.684. The van der Waals surface area contributed by atoms with Gasteiger partial charge in [0.15, 0.2) is 23.1 Å². The normalized spacial score (nSPS) is 18.1. The molecule has 1 fully saturated rings. The number of methoxy groups -OCH3 is 1. The van der Waals surface area contributed by atoms with E-state index in [1.165, 1.54) is 18.2 Å². The molecule has 3 aromatic rings. The van der Waals surface area contributed by atoms with Gasteiger partial charge in [0.05, 0.1) is 31.1 Å². The quantitative estimate of drug-likeness (QED) is 0.402. The Kier molecular flexibility index (Phi) is 7.02. The number of hydrogen-bond donors (Lipinski definition) is 1. The van der Waals surface area contributed by atoms with Crippen molar-refractivity contribution in [3.63, 3.8) is 0 Å². The monoisotopic (exact) mass is 506 g/mol. The van der Waals surface area contributed by atoms with Gasteiger partial charge in [0.2, 0.25) is 5.95 Å². The highest BCUT2D eigenvalue weighted by molar-refractivity contribution is 5.95. The molecule has 0 aliphatic carbocycles. The Bertz CT molecular complexity index is 1250. The Morgan fingerprint density at radius 3 is 2.42 bits per heavy atom. The number of aromatic nitrogens is 4. The van der Waals surface area contributed by atoms with Crippen LogP contribution in [0.25, 0.3) is 11.1 Å². The smallest absolute Gasteiger partial charge is 0.416 e. The maximum absolute atomic E-state index is 14.6.